The Bertz CT molecular complexity index is 364. The van der Waals surface area contributed by atoms with Crippen LogP contribution in [0, 0.1) is 5.92 Å². The molecule has 5 heteroatoms. The van der Waals surface area contributed by atoms with E-state index in [4.69, 9.17) is 5.73 Å². The third-order valence-electron chi connectivity index (χ3n) is 2.77. The first-order chi connectivity index (χ1) is 8.01. The molecule has 0 spiro atoms. The minimum atomic E-state index is 0.0195. The van der Waals surface area contributed by atoms with E-state index in [1.165, 1.54) is 11.3 Å². The number of hydrogen-bond acceptors (Lipinski definition) is 4. The van der Waals surface area contributed by atoms with Gasteiger partial charge in [0.15, 0.2) is 5.13 Å². The summed E-state index contributed by atoms with van der Waals surface area (Å²) in [5.74, 6) is 0.659. The summed E-state index contributed by atoms with van der Waals surface area (Å²) in [6.07, 6.45) is 2.48. The molecular weight excluding hydrogens is 234 g/mol. The van der Waals surface area contributed by atoms with Crippen LogP contribution in [0.2, 0.25) is 0 Å². The summed E-state index contributed by atoms with van der Waals surface area (Å²) >= 11 is 1.37. The Labute approximate surface area is 107 Å². The number of aromatic nitrogens is 1. The number of carbonyl (C=O) groups is 1. The van der Waals surface area contributed by atoms with Crippen LogP contribution >= 0.6 is 11.3 Å². The number of thiazole rings is 1. The fourth-order valence-electron chi connectivity index (χ4n) is 1.72. The average molecular weight is 255 g/mol. The topological polar surface area (TPSA) is 68.0 Å². The van der Waals surface area contributed by atoms with Gasteiger partial charge in [-0.15, -0.1) is 11.3 Å². The number of nitrogens with one attached hydrogen (secondary N) is 1. The summed E-state index contributed by atoms with van der Waals surface area (Å²) in [6.45, 7) is 6.40. The molecule has 0 aliphatic rings. The third-order valence-corrected chi connectivity index (χ3v) is 3.49. The number of rotatable bonds is 6. The maximum atomic E-state index is 11.7. The molecule has 0 radical (unpaired) electrons. The summed E-state index contributed by atoms with van der Waals surface area (Å²) in [4.78, 5) is 15.8. The Morgan fingerprint density at radius 3 is 2.82 bits per heavy atom. The van der Waals surface area contributed by atoms with Gasteiger partial charge in [0.1, 0.15) is 0 Å². The molecule has 0 aliphatic heterocycles. The van der Waals surface area contributed by atoms with E-state index >= 15 is 0 Å². The smallest absolute Gasteiger partial charge is 0.226 e. The van der Waals surface area contributed by atoms with Crippen LogP contribution in [0.25, 0.3) is 0 Å². The molecule has 17 heavy (non-hydrogen) atoms. The zero-order valence-corrected chi connectivity index (χ0v) is 11.5. The van der Waals surface area contributed by atoms with Crippen molar-refractivity contribution in [2.75, 3.05) is 5.73 Å². The van der Waals surface area contributed by atoms with Crippen molar-refractivity contribution >= 4 is 22.4 Å². The fourth-order valence-corrected chi connectivity index (χ4v) is 2.29. The van der Waals surface area contributed by atoms with E-state index in [-0.39, 0.29) is 11.9 Å². The zero-order valence-electron chi connectivity index (χ0n) is 10.7. The van der Waals surface area contributed by atoms with E-state index in [0.29, 0.717) is 17.5 Å². The van der Waals surface area contributed by atoms with E-state index in [1.54, 1.807) is 0 Å². The van der Waals surface area contributed by atoms with E-state index in [0.717, 1.165) is 18.5 Å². The molecule has 1 amide bonds. The lowest BCUT2D eigenvalue weighted by Crippen LogP contribution is -2.34. The first-order valence-corrected chi connectivity index (χ1v) is 6.88. The van der Waals surface area contributed by atoms with Gasteiger partial charge in [-0.1, -0.05) is 20.3 Å². The Kier molecular flexibility index (Phi) is 5.41. The molecule has 96 valence electrons. The van der Waals surface area contributed by atoms with Gasteiger partial charge in [0, 0.05) is 11.4 Å². The van der Waals surface area contributed by atoms with Crippen LogP contribution in [-0.4, -0.2) is 16.9 Å². The predicted molar refractivity (Wildman–Crippen MR) is 71.9 cm³/mol. The summed E-state index contributed by atoms with van der Waals surface area (Å²) in [5.41, 5.74) is 6.27. The quantitative estimate of drug-likeness (QED) is 0.819. The molecule has 0 aliphatic carbocycles. The molecule has 4 nitrogen and oxygen atoms in total. The highest BCUT2D eigenvalue weighted by Gasteiger charge is 2.12. The van der Waals surface area contributed by atoms with Crippen LogP contribution in [0.4, 0.5) is 5.13 Å². The van der Waals surface area contributed by atoms with Gasteiger partial charge in [-0.2, -0.15) is 0 Å². The molecule has 0 bridgehead atoms. The van der Waals surface area contributed by atoms with Crippen molar-refractivity contribution in [2.45, 2.75) is 46.1 Å². The fraction of sp³-hybridized carbons (Fsp3) is 0.667. The average Bonchev–Trinajstić information content (AvgIpc) is 2.63. The molecule has 1 aromatic rings. The van der Waals surface area contributed by atoms with Crippen LogP contribution < -0.4 is 11.1 Å². The SMILES string of the molecule is CCC(C)CC(C)NC(=O)Cc1csc(N)n1. The van der Waals surface area contributed by atoms with Crippen LogP contribution in [0.15, 0.2) is 5.38 Å². The normalized spacial score (nSPS) is 14.3. The van der Waals surface area contributed by atoms with Gasteiger partial charge in [0.25, 0.3) is 0 Å². The number of nitrogen functional groups attached to an aromatic ring is 1. The van der Waals surface area contributed by atoms with Crippen molar-refractivity contribution < 1.29 is 4.79 Å². The molecule has 1 rings (SSSR count). The van der Waals surface area contributed by atoms with Gasteiger partial charge in [-0.3, -0.25) is 4.79 Å². The van der Waals surface area contributed by atoms with E-state index < -0.39 is 0 Å². The van der Waals surface area contributed by atoms with Crippen LogP contribution in [0.1, 0.15) is 39.3 Å². The van der Waals surface area contributed by atoms with Gasteiger partial charge in [-0.25, -0.2) is 4.98 Å². The molecule has 1 aromatic heterocycles. The van der Waals surface area contributed by atoms with Crippen molar-refractivity contribution in [1.82, 2.24) is 10.3 Å². The zero-order chi connectivity index (χ0) is 12.8. The molecule has 0 fully saturated rings. The summed E-state index contributed by atoms with van der Waals surface area (Å²) < 4.78 is 0. The van der Waals surface area contributed by atoms with Crippen LogP contribution in [-0.2, 0) is 11.2 Å². The summed E-state index contributed by atoms with van der Waals surface area (Å²) in [5, 5.41) is 5.33. The summed E-state index contributed by atoms with van der Waals surface area (Å²) in [7, 11) is 0. The van der Waals surface area contributed by atoms with Crippen molar-refractivity contribution in [2.24, 2.45) is 5.92 Å². The first kappa shape index (κ1) is 14.0. The highest BCUT2D eigenvalue weighted by molar-refractivity contribution is 7.13. The van der Waals surface area contributed by atoms with Gasteiger partial charge in [0.05, 0.1) is 12.1 Å². The van der Waals surface area contributed by atoms with E-state index in [9.17, 15) is 4.79 Å². The number of carbonyl (C=O) groups excluding carboxylic acids is 1. The second kappa shape index (κ2) is 6.59. The third kappa shape index (κ3) is 5.17. The molecule has 3 N–H and O–H groups in total. The van der Waals surface area contributed by atoms with Gasteiger partial charge < -0.3 is 11.1 Å². The Balaban J connectivity index is 2.34. The molecule has 1 heterocycles. The maximum Gasteiger partial charge on any atom is 0.226 e. The largest absolute Gasteiger partial charge is 0.375 e. The highest BCUT2D eigenvalue weighted by Crippen LogP contribution is 2.12. The minimum absolute atomic E-state index is 0.0195. The van der Waals surface area contributed by atoms with Crippen molar-refractivity contribution in [1.29, 1.82) is 0 Å². The number of amides is 1. The van der Waals surface area contributed by atoms with Crippen molar-refractivity contribution in [3.63, 3.8) is 0 Å². The number of nitrogens with two attached hydrogens (primary N) is 1. The summed E-state index contributed by atoms with van der Waals surface area (Å²) in [6, 6.07) is 0.216. The second-order valence-electron chi connectivity index (χ2n) is 4.57. The monoisotopic (exact) mass is 255 g/mol. The van der Waals surface area contributed by atoms with E-state index in [2.05, 4.69) is 24.1 Å². The second-order valence-corrected chi connectivity index (χ2v) is 5.46. The van der Waals surface area contributed by atoms with Crippen LogP contribution in [0.5, 0.6) is 0 Å². The molecule has 0 aromatic carbocycles. The maximum absolute atomic E-state index is 11.7. The Hall–Kier alpha value is -1.10. The molecular formula is C12H21N3OS. The standard InChI is InChI=1S/C12H21N3OS/c1-4-8(2)5-9(3)14-11(16)6-10-7-17-12(13)15-10/h7-9H,4-6H2,1-3H3,(H2,13,15)(H,14,16). The Morgan fingerprint density at radius 2 is 2.29 bits per heavy atom. The van der Waals surface area contributed by atoms with Crippen molar-refractivity contribution in [3.05, 3.63) is 11.1 Å². The lowest BCUT2D eigenvalue weighted by molar-refractivity contribution is -0.121. The predicted octanol–water partition coefficient (Wildman–Crippen LogP) is 2.21. The molecule has 2 atom stereocenters. The Morgan fingerprint density at radius 1 is 1.59 bits per heavy atom. The van der Waals surface area contributed by atoms with Gasteiger partial charge >= 0.3 is 0 Å². The minimum Gasteiger partial charge on any atom is -0.375 e. The van der Waals surface area contributed by atoms with Crippen LogP contribution in [0.3, 0.4) is 0 Å². The van der Waals surface area contributed by atoms with Crippen molar-refractivity contribution in [3.8, 4) is 0 Å². The lowest BCUT2D eigenvalue weighted by Gasteiger charge is -2.17. The first-order valence-electron chi connectivity index (χ1n) is 6.00. The number of anilines is 1. The highest BCUT2D eigenvalue weighted by atomic mass is 32.1. The van der Waals surface area contributed by atoms with E-state index in [1.807, 2.05) is 12.3 Å². The molecule has 0 saturated carbocycles. The lowest BCUT2D eigenvalue weighted by atomic mass is 10.0. The van der Waals surface area contributed by atoms with Gasteiger partial charge in [0.2, 0.25) is 5.91 Å². The number of hydrogen-bond donors (Lipinski definition) is 2. The molecule has 0 saturated heterocycles. The van der Waals surface area contributed by atoms with Gasteiger partial charge in [-0.05, 0) is 19.3 Å². The number of nitrogens with zero attached hydrogens (tertiary/aromatic N) is 1. The molecule has 2 unspecified atom stereocenters.